The molecule has 0 saturated carbocycles. The maximum atomic E-state index is 13.3. The smallest absolute Gasteiger partial charge is 0.206 e. The molecular weight excluding hydrogens is 311 g/mol. The van der Waals surface area contributed by atoms with Crippen LogP contribution in [0.2, 0.25) is 0 Å². The van der Waals surface area contributed by atoms with E-state index in [4.69, 9.17) is 0 Å². The Hall–Kier alpha value is -0.330. The van der Waals surface area contributed by atoms with Crippen molar-refractivity contribution >= 4 is 22.6 Å². The molecule has 0 fully saturated rings. The highest BCUT2D eigenvalue weighted by molar-refractivity contribution is 14.1. The Kier molecular flexibility index (Phi) is 3.08. The zero-order valence-corrected chi connectivity index (χ0v) is 9.62. The van der Waals surface area contributed by atoms with Crippen molar-refractivity contribution < 1.29 is 17.6 Å². The van der Waals surface area contributed by atoms with Crippen molar-refractivity contribution in [1.29, 1.82) is 0 Å². The number of hydrogen-bond acceptors (Lipinski definition) is 0. The molecule has 0 aliphatic carbocycles. The molecule has 1 aromatic rings. The van der Waals surface area contributed by atoms with Crippen molar-refractivity contribution in [3.63, 3.8) is 0 Å². The van der Waals surface area contributed by atoms with E-state index in [0.29, 0.717) is 5.56 Å². The first-order valence-electron chi connectivity index (χ1n) is 3.77. The van der Waals surface area contributed by atoms with E-state index in [1.54, 1.807) is 0 Å². The second kappa shape index (κ2) is 3.67. The van der Waals surface area contributed by atoms with Gasteiger partial charge in [0, 0.05) is 0 Å². The van der Waals surface area contributed by atoms with Crippen LogP contribution in [0.1, 0.15) is 16.7 Å². The van der Waals surface area contributed by atoms with Gasteiger partial charge in [-0.25, -0.2) is 4.39 Å². The molecule has 0 spiro atoms. The molecule has 0 unspecified atom stereocenters. The molecule has 0 N–H and O–H groups in total. The Morgan fingerprint density at radius 3 is 2.14 bits per heavy atom. The lowest BCUT2D eigenvalue weighted by molar-refractivity contribution is -0.138. The van der Waals surface area contributed by atoms with Crippen LogP contribution in [0.5, 0.6) is 0 Å². The average molecular weight is 318 g/mol. The van der Waals surface area contributed by atoms with Gasteiger partial charge in [-0.2, -0.15) is 13.2 Å². The molecule has 0 aliphatic heterocycles. The summed E-state index contributed by atoms with van der Waals surface area (Å²) < 4.78 is 50.0. The fourth-order valence-corrected chi connectivity index (χ4v) is 1.92. The molecule has 1 rings (SSSR count). The lowest BCUT2D eigenvalue weighted by Crippen LogP contribution is -2.10. The molecule has 0 aliphatic rings. The van der Waals surface area contributed by atoms with Crippen LogP contribution < -0.4 is 0 Å². The van der Waals surface area contributed by atoms with E-state index in [1.807, 2.05) is 0 Å². The van der Waals surface area contributed by atoms with Crippen molar-refractivity contribution in [3.8, 4) is 0 Å². The number of benzene rings is 1. The predicted octanol–water partition coefficient (Wildman–Crippen LogP) is 4.07. The summed E-state index contributed by atoms with van der Waals surface area (Å²) in [6, 6.07) is 0.972. The summed E-state index contributed by atoms with van der Waals surface area (Å²) in [5, 5.41) is 0. The third-order valence-corrected chi connectivity index (χ3v) is 3.07. The second-order valence-corrected chi connectivity index (χ2v) is 4.07. The zero-order valence-electron chi connectivity index (χ0n) is 7.47. The molecule has 5 heteroatoms. The maximum absolute atomic E-state index is 13.3. The fraction of sp³-hybridized carbons (Fsp3) is 0.333. The number of rotatable bonds is 0. The van der Waals surface area contributed by atoms with Gasteiger partial charge in [-0.3, -0.25) is 0 Å². The fourth-order valence-electron chi connectivity index (χ4n) is 1.05. The van der Waals surface area contributed by atoms with Gasteiger partial charge in [0.05, 0.1) is 9.13 Å². The van der Waals surface area contributed by atoms with Crippen molar-refractivity contribution in [2.75, 3.05) is 0 Å². The van der Waals surface area contributed by atoms with E-state index in [-0.39, 0.29) is 9.13 Å². The number of hydrogen-bond donors (Lipinski definition) is 0. The lowest BCUT2D eigenvalue weighted by atomic mass is 10.1. The van der Waals surface area contributed by atoms with Crippen LogP contribution in [-0.2, 0) is 6.18 Å². The van der Waals surface area contributed by atoms with Gasteiger partial charge >= 0.3 is 6.18 Å². The zero-order chi connectivity index (χ0) is 11.1. The van der Waals surface area contributed by atoms with Gasteiger partial charge < -0.3 is 0 Å². The van der Waals surface area contributed by atoms with E-state index >= 15 is 0 Å². The number of halogens is 5. The molecule has 0 heterocycles. The molecule has 0 aromatic heterocycles. The molecule has 0 bridgehead atoms. The summed E-state index contributed by atoms with van der Waals surface area (Å²) in [6.45, 7) is 2.93. The Balaban J connectivity index is 3.49. The minimum absolute atomic E-state index is 0.266. The van der Waals surface area contributed by atoms with E-state index < -0.39 is 17.6 Å². The number of aryl methyl sites for hydroxylation is 1. The summed E-state index contributed by atoms with van der Waals surface area (Å²) in [4.78, 5) is 0. The van der Waals surface area contributed by atoms with E-state index in [9.17, 15) is 17.6 Å². The predicted molar refractivity (Wildman–Crippen MR) is 53.6 cm³/mol. The van der Waals surface area contributed by atoms with E-state index in [0.717, 1.165) is 6.07 Å². The Morgan fingerprint density at radius 1 is 1.21 bits per heavy atom. The van der Waals surface area contributed by atoms with Crippen molar-refractivity contribution in [1.82, 2.24) is 0 Å². The van der Waals surface area contributed by atoms with Crippen LogP contribution in [0.3, 0.4) is 0 Å². The van der Waals surface area contributed by atoms with Gasteiger partial charge in [-0.1, -0.05) is 0 Å². The highest BCUT2D eigenvalue weighted by Crippen LogP contribution is 2.35. The first-order valence-corrected chi connectivity index (χ1v) is 4.85. The highest BCUT2D eigenvalue weighted by Gasteiger charge is 2.34. The summed E-state index contributed by atoms with van der Waals surface area (Å²) in [6.07, 6.45) is -4.49. The van der Waals surface area contributed by atoms with Crippen LogP contribution in [0, 0.1) is 23.2 Å². The summed E-state index contributed by atoms with van der Waals surface area (Å²) in [7, 11) is 0. The Bertz CT molecular complexity index is 368. The van der Waals surface area contributed by atoms with Crippen LogP contribution >= 0.6 is 22.6 Å². The van der Waals surface area contributed by atoms with Gasteiger partial charge in [0.1, 0.15) is 5.82 Å². The van der Waals surface area contributed by atoms with Gasteiger partial charge in [0.15, 0.2) is 0 Å². The largest absolute Gasteiger partial charge is 0.417 e. The van der Waals surface area contributed by atoms with Crippen LogP contribution in [0.25, 0.3) is 0 Å². The number of alkyl halides is 3. The normalized spacial score (nSPS) is 11.9. The first kappa shape index (κ1) is 11.7. The monoisotopic (exact) mass is 318 g/mol. The van der Waals surface area contributed by atoms with Gasteiger partial charge in [-0.15, -0.1) is 0 Å². The molecule has 0 atom stereocenters. The summed E-state index contributed by atoms with van der Waals surface area (Å²) in [5.74, 6) is -0.780. The molecule has 14 heavy (non-hydrogen) atoms. The molecule has 0 radical (unpaired) electrons. The average Bonchev–Trinajstić information content (AvgIpc) is 2.06. The molecule has 0 saturated heterocycles. The Labute approximate surface area is 92.5 Å². The lowest BCUT2D eigenvalue weighted by Gasteiger charge is -2.12. The minimum Gasteiger partial charge on any atom is -0.206 e. The Morgan fingerprint density at radius 2 is 1.71 bits per heavy atom. The molecule has 1 aromatic carbocycles. The summed E-state index contributed by atoms with van der Waals surface area (Å²) >= 11 is 1.38. The van der Waals surface area contributed by atoms with Crippen molar-refractivity contribution in [2.24, 2.45) is 0 Å². The van der Waals surface area contributed by atoms with Gasteiger partial charge in [-0.05, 0) is 53.6 Å². The third-order valence-electron chi connectivity index (χ3n) is 2.02. The van der Waals surface area contributed by atoms with Crippen LogP contribution in [-0.4, -0.2) is 0 Å². The van der Waals surface area contributed by atoms with E-state index in [2.05, 4.69) is 0 Å². The topological polar surface area (TPSA) is 0 Å². The van der Waals surface area contributed by atoms with Crippen molar-refractivity contribution in [3.05, 3.63) is 32.1 Å². The van der Waals surface area contributed by atoms with Crippen LogP contribution in [0.4, 0.5) is 17.6 Å². The molecular formula is C9H7F4I. The quantitative estimate of drug-likeness (QED) is 0.500. The summed E-state index contributed by atoms with van der Waals surface area (Å²) in [5.41, 5.74) is -0.323. The standard InChI is InChI=1S/C9H7F4I/c1-4-3-6(9(11,12)13)8(14)7(10)5(4)2/h3H,1-2H3. The molecule has 0 amide bonds. The molecule has 0 nitrogen and oxygen atoms in total. The van der Waals surface area contributed by atoms with Crippen LogP contribution in [0.15, 0.2) is 6.07 Å². The second-order valence-electron chi connectivity index (χ2n) is 2.99. The highest BCUT2D eigenvalue weighted by atomic mass is 127. The van der Waals surface area contributed by atoms with Gasteiger partial charge in [0.2, 0.25) is 0 Å². The first-order chi connectivity index (χ1) is 6.25. The third kappa shape index (κ3) is 2.02. The van der Waals surface area contributed by atoms with Gasteiger partial charge in [0.25, 0.3) is 0 Å². The van der Waals surface area contributed by atoms with E-state index in [1.165, 1.54) is 36.4 Å². The minimum atomic E-state index is -4.49. The van der Waals surface area contributed by atoms with Crippen molar-refractivity contribution in [2.45, 2.75) is 20.0 Å². The maximum Gasteiger partial charge on any atom is 0.417 e. The molecule has 78 valence electrons. The SMILES string of the molecule is Cc1cc(C(F)(F)F)c(I)c(F)c1C.